The van der Waals surface area contributed by atoms with Gasteiger partial charge in [0, 0.05) is 61.4 Å². The number of urea groups is 1. The largest absolute Gasteiger partial charge is 0.462 e. The zero-order valence-electron chi connectivity index (χ0n) is 24.2. The maximum atomic E-state index is 13.6. The second-order valence-electron chi connectivity index (χ2n) is 9.29. The number of halogens is 3. The molecule has 4 aromatic heterocycles. The summed E-state index contributed by atoms with van der Waals surface area (Å²) in [7, 11) is 2.99. The third kappa shape index (κ3) is 7.03. The lowest BCUT2D eigenvalue weighted by Crippen LogP contribution is -2.28. The summed E-state index contributed by atoms with van der Waals surface area (Å²) in [6.07, 6.45) is -0.569. The van der Waals surface area contributed by atoms with Gasteiger partial charge in [0.1, 0.15) is 22.0 Å². The molecule has 0 saturated carbocycles. The molecule has 0 bridgehead atoms. The van der Waals surface area contributed by atoms with Gasteiger partial charge >= 0.3 is 18.2 Å². The predicted molar refractivity (Wildman–Crippen MR) is 157 cm³/mol. The number of rotatable bonds is 11. The van der Waals surface area contributed by atoms with Crippen molar-refractivity contribution in [2.45, 2.75) is 26.1 Å². The molecule has 0 aliphatic heterocycles. The van der Waals surface area contributed by atoms with E-state index in [0.29, 0.717) is 12.1 Å². The van der Waals surface area contributed by atoms with Crippen LogP contribution in [0.2, 0.25) is 0 Å². The fourth-order valence-corrected chi connectivity index (χ4v) is 5.24. The van der Waals surface area contributed by atoms with E-state index < -0.39 is 35.3 Å². The summed E-state index contributed by atoms with van der Waals surface area (Å²) in [5.74, 6) is -0.779. The Hall–Kier alpha value is -4.41. The van der Waals surface area contributed by atoms with Crippen LogP contribution in [0, 0.1) is 0 Å². The highest BCUT2D eigenvalue weighted by molar-refractivity contribution is 7.13. The van der Waals surface area contributed by atoms with Crippen molar-refractivity contribution >= 4 is 40.2 Å². The number of methoxy groups -OCH3 is 2. The van der Waals surface area contributed by atoms with Crippen LogP contribution in [0.25, 0.3) is 32.7 Å². The minimum Gasteiger partial charge on any atom is -0.462 e. The molecule has 2 amide bonds. The quantitative estimate of drug-likeness (QED) is 0.223. The number of thiazole rings is 1. The van der Waals surface area contributed by atoms with Crippen LogP contribution >= 0.6 is 11.3 Å². The molecule has 4 heterocycles. The Morgan fingerprint density at radius 1 is 1.07 bits per heavy atom. The fourth-order valence-electron chi connectivity index (χ4n) is 4.39. The van der Waals surface area contributed by atoms with Gasteiger partial charge in [-0.25, -0.2) is 24.5 Å². The molecular weight excluding hydrogens is 605 g/mol. The molecule has 0 radical (unpaired) electrons. The number of esters is 1. The van der Waals surface area contributed by atoms with Gasteiger partial charge in [-0.2, -0.15) is 13.2 Å². The van der Waals surface area contributed by atoms with Gasteiger partial charge < -0.3 is 24.1 Å². The van der Waals surface area contributed by atoms with E-state index in [9.17, 15) is 27.6 Å². The molecular formula is C28H29F3N6O6S. The average molecular weight is 635 g/mol. The van der Waals surface area contributed by atoms with E-state index in [4.69, 9.17) is 14.2 Å². The van der Waals surface area contributed by atoms with Gasteiger partial charge in [-0.3, -0.25) is 10.1 Å². The van der Waals surface area contributed by atoms with Gasteiger partial charge in [0.05, 0.1) is 31.2 Å². The summed E-state index contributed by atoms with van der Waals surface area (Å²) in [5.41, 5.74) is -0.995. The smallest absolute Gasteiger partial charge is 0.434 e. The molecule has 0 unspecified atom stereocenters. The molecule has 0 spiro atoms. The van der Waals surface area contributed by atoms with E-state index in [2.05, 4.69) is 25.6 Å². The van der Waals surface area contributed by atoms with Crippen LogP contribution < -0.4 is 16.1 Å². The summed E-state index contributed by atoms with van der Waals surface area (Å²) < 4.78 is 57.6. The number of fused-ring (bicyclic) bond motifs is 1. The van der Waals surface area contributed by atoms with E-state index >= 15 is 0 Å². The molecule has 234 valence electrons. The number of amides is 2. The molecule has 4 rings (SSSR count). The molecule has 0 saturated heterocycles. The van der Waals surface area contributed by atoms with Crippen LogP contribution in [0.3, 0.4) is 0 Å². The Bertz CT molecular complexity index is 1720. The van der Waals surface area contributed by atoms with Gasteiger partial charge in [-0.15, -0.1) is 11.3 Å². The Labute approximate surface area is 253 Å². The van der Waals surface area contributed by atoms with Gasteiger partial charge in [-0.1, -0.05) is 0 Å². The number of carbonyl (C=O) groups excluding carboxylic acids is 2. The maximum absolute atomic E-state index is 13.6. The first-order chi connectivity index (χ1) is 21.0. The molecule has 12 nitrogen and oxygen atoms in total. The number of carbonyl (C=O) groups is 2. The minimum atomic E-state index is -4.68. The Morgan fingerprint density at radius 3 is 2.41 bits per heavy atom. The first kappa shape index (κ1) is 32.5. The van der Waals surface area contributed by atoms with Crippen molar-refractivity contribution in [2.24, 2.45) is 0 Å². The predicted octanol–water partition coefficient (Wildman–Crippen LogP) is 4.75. The Morgan fingerprint density at radius 2 is 1.80 bits per heavy atom. The van der Waals surface area contributed by atoms with Crippen molar-refractivity contribution in [1.82, 2.24) is 24.8 Å². The van der Waals surface area contributed by atoms with E-state index in [1.54, 1.807) is 18.4 Å². The van der Waals surface area contributed by atoms with Crippen LogP contribution in [0.4, 0.5) is 23.8 Å². The monoisotopic (exact) mass is 634 g/mol. The number of nitrogens with zero attached hydrogens (tertiary/aromatic N) is 4. The van der Waals surface area contributed by atoms with Gasteiger partial charge in [0.15, 0.2) is 5.69 Å². The third-order valence-corrected chi connectivity index (χ3v) is 7.17. The number of alkyl halides is 3. The number of ether oxygens (including phenoxy) is 3. The zero-order chi connectivity index (χ0) is 32.0. The van der Waals surface area contributed by atoms with Gasteiger partial charge in [-0.05, 0) is 26.0 Å². The summed E-state index contributed by atoms with van der Waals surface area (Å²) in [6, 6.07) is 1.81. The van der Waals surface area contributed by atoms with Gasteiger partial charge in [0.2, 0.25) is 5.43 Å². The standard InChI is InChI=1S/C28H29F3N6O6S/c1-5-32-27(40)36-22-8-17(25-35-21(14-44-25)28(29,30)31)19(10-33-22)15-7-18-23(38)20(26(39)43-6-2)11-37(24(18)34-9-15)16(12-41-3)13-42-4/h7-11,14,16H,5-6,12-13H2,1-4H3,(H2,32,33,36,40). The molecule has 4 aromatic rings. The number of nitrogens with one attached hydrogen (secondary N) is 2. The number of anilines is 1. The van der Waals surface area contributed by atoms with Crippen molar-refractivity contribution in [1.29, 1.82) is 0 Å². The third-order valence-electron chi connectivity index (χ3n) is 6.29. The average Bonchev–Trinajstić information content (AvgIpc) is 3.49. The lowest BCUT2D eigenvalue weighted by atomic mass is 10.0. The molecule has 0 atom stereocenters. The van der Waals surface area contributed by atoms with E-state index in [1.807, 2.05) is 0 Å². The highest BCUT2D eigenvalue weighted by Gasteiger charge is 2.34. The van der Waals surface area contributed by atoms with Crippen molar-refractivity contribution in [3.05, 3.63) is 57.6 Å². The number of hydrogen-bond donors (Lipinski definition) is 2. The first-order valence-corrected chi connectivity index (χ1v) is 14.2. The van der Waals surface area contributed by atoms with Gasteiger partial charge in [0.25, 0.3) is 0 Å². The Balaban J connectivity index is 1.96. The molecule has 0 aliphatic carbocycles. The minimum absolute atomic E-state index is 0.00768. The van der Waals surface area contributed by atoms with Crippen molar-refractivity contribution in [3.8, 4) is 21.7 Å². The molecule has 16 heteroatoms. The van der Waals surface area contributed by atoms with E-state index in [1.165, 1.54) is 44.9 Å². The highest BCUT2D eigenvalue weighted by Crippen LogP contribution is 2.38. The van der Waals surface area contributed by atoms with E-state index in [-0.39, 0.29) is 58.4 Å². The van der Waals surface area contributed by atoms with Crippen molar-refractivity contribution < 1.29 is 37.0 Å². The maximum Gasteiger partial charge on any atom is 0.434 e. The Kier molecular flexibility index (Phi) is 10.3. The summed E-state index contributed by atoms with van der Waals surface area (Å²) in [4.78, 5) is 51.0. The summed E-state index contributed by atoms with van der Waals surface area (Å²) in [6.45, 7) is 4.03. The molecule has 44 heavy (non-hydrogen) atoms. The number of hydrogen-bond acceptors (Lipinski definition) is 10. The van der Waals surface area contributed by atoms with Crippen LogP contribution in [-0.4, -0.2) is 72.1 Å². The lowest BCUT2D eigenvalue weighted by molar-refractivity contribution is -0.140. The summed E-state index contributed by atoms with van der Waals surface area (Å²) >= 11 is 0.750. The number of pyridine rings is 3. The second kappa shape index (κ2) is 13.9. The first-order valence-electron chi connectivity index (χ1n) is 13.3. The van der Waals surface area contributed by atoms with Crippen molar-refractivity contribution in [3.63, 3.8) is 0 Å². The topological polar surface area (TPSA) is 147 Å². The van der Waals surface area contributed by atoms with Crippen LogP contribution in [0.15, 0.2) is 40.9 Å². The highest BCUT2D eigenvalue weighted by atomic mass is 32.1. The second-order valence-corrected chi connectivity index (χ2v) is 10.2. The number of aromatic nitrogens is 4. The normalized spacial score (nSPS) is 11.6. The van der Waals surface area contributed by atoms with Crippen LogP contribution in [0.5, 0.6) is 0 Å². The van der Waals surface area contributed by atoms with Crippen molar-refractivity contribution in [2.75, 3.05) is 45.9 Å². The van der Waals surface area contributed by atoms with Crippen LogP contribution in [0.1, 0.15) is 35.9 Å². The molecule has 0 aromatic carbocycles. The SMILES string of the molecule is CCNC(=O)Nc1cc(-c2nc(C(F)(F)F)cs2)c(-c2cnc3c(c2)c(=O)c(C(=O)OCC)cn3C(COC)COC)cn1. The zero-order valence-corrected chi connectivity index (χ0v) is 25.0. The van der Waals surface area contributed by atoms with Crippen LogP contribution in [-0.2, 0) is 20.4 Å². The fraction of sp³-hybridized carbons (Fsp3) is 0.357. The molecule has 0 aliphatic rings. The molecule has 0 fully saturated rings. The molecule has 2 N–H and O–H groups in total. The summed E-state index contributed by atoms with van der Waals surface area (Å²) in [5, 5.41) is 5.99. The lowest BCUT2D eigenvalue weighted by Gasteiger charge is -2.22. The van der Waals surface area contributed by atoms with E-state index in [0.717, 1.165) is 16.7 Å².